The highest BCUT2D eigenvalue weighted by atomic mass is 35.5. The van der Waals surface area contributed by atoms with Crippen molar-refractivity contribution in [1.82, 2.24) is 10.3 Å². The van der Waals surface area contributed by atoms with E-state index in [1.54, 1.807) is 42.6 Å². The molecule has 0 fully saturated rings. The van der Waals surface area contributed by atoms with Crippen molar-refractivity contribution < 1.29 is 19.1 Å². The van der Waals surface area contributed by atoms with Crippen LogP contribution in [0.1, 0.15) is 15.9 Å². The number of methoxy groups -OCH3 is 2. The van der Waals surface area contributed by atoms with Gasteiger partial charge in [-0.3, -0.25) is 4.79 Å². The van der Waals surface area contributed by atoms with Gasteiger partial charge in [-0.1, -0.05) is 17.7 Å². The number of benzene rings is 1. The second-order valence-corrected chi connectivity index (χ2v) is 5.37. The molecule has 0 saturated heterocycles. The number of carbonyl (C=O) groups is 2. The summed E-state index contributed by atoms with van der Waals surface area (Å²) in [7, 11) is 2.76. The third-order valence-corrected chi connectivity index (χ3v) is 3.62. The smallest absolute Gasteiger partial charge is 0.328 e. The van der Waals surface area contributed by atoms with Crippen molar-refractivity contribution in [2.75, 3.05) is 14.2 Å². The Morgan fingerprint density at radius 2 is 1.92 bits per heavy atom. The van der Waals surface area contributed by atoms with Crippen LogP contribution in [0, 0.1) is 0 Å². The molecule has 2 rings (SSSR count). The largest absolute Gasteiger partial charge is 0.481 e. The summed E-state index contributed by atoms with van der Waals surface area (Å²) in [5.41, 5.74) is 1.08. The molecule has 2 aromatic rings. The Morgan fingerprint density at radius 3 is 2.54 bits per heavy atom. The highest BCUT2D eigenvalue weighted by Crippen LogP contribution is 2.17. The van der Waals surface area contributed by atoms with Gasteiger partial charge in [0.25, 0.3) is 5.91 Å². The van der Waals surface area contributed by atoms with Crippen molar-refractivity contribution in [2.45, 2.75) is 12.5 Å². The molecule has 7 heteroatoms. The minimum Gasteiger partial charge on any atom is -0.481 e. The van der Waals surface area contributed by atoms with Gasteiger partial charge in [0.2, 0.25) is 5.88 Å². The van der Waals surface area contributed by atoms with E-state index < -0.39 is 17.9 Å². The summed E-state index contributed by atoms with van der Waals surface area (Å²) < 4.78 is 9.95. The van der Waals surface area contributed by atoms with E-state index >= 15 is 0 Å². The molecule has 1 atom stereocenters. The first kappa shape index (κ1) is 17.7. The topological polar surface area (TPSA) is 77.5 Å². The predicted molar refractivity (Wildman–Crippen MR) is 89.2 cm³/mol. The number of hydrogen-bond donors (Lipinski definition) is 1. The van der Waals surface area contributed by atoms with Crippen molar-refractivity contribution in [1.29, 1.82) is 0 Å². The number of halogens is 1. The van der Waals surface area contributed by atoms with Crippen molar-refractivity contribution in [3.8, 4) is 5.88 Å². The third kappa shape index (κ3) is 4.45. The molecule has 1 aromatic heterocycles. The molecule has 0 saturated carbocycles. The molecule has 0 spiro atoms. The first-order valence-corrected chi connectivity index (χ1v) is 7.55. The summed E-state index contributed by atoms with van der Waals surface area (Å²) in [5.74, 6) is -0.555. The molecule has 1 amide bonds. The SMILES string of the molecule is COC(=O)[C@@H](Cc1cccnc1OC)NC(=O)c1ccc(Cl)cc1. The molecule has 1 N–H and O–H groups in total. The van der Waals surface area contributed by atoms with Gasteiger partial charge in [-0.05, 0) is 30.3 Å². The zero-order chi connectivity index (χ0) is 17.5. The molecule has 0 aliphatic rings. The molecule has 0 bridgehead atoms. The van der Waals surface area contributed by atoms with Crippen LogP contribution in [0.25, 0.3) is 0 Å². The Morgan fingerprint density at radius 1 is 1.21 bits per heavy atom. The van der Waals surface area contributed by atoms with Gasteiger partial charge in [0.05, 0.1) is 14.2 Å². The Kier molecular flexibility index (Phi) is 6.14. The number of rotatable bonds is 6. The fraction of sp³-hybridized carbons (Fsp3) is 0.235. The quantitative estimate of drug-likeness (QED) is 0.810. The van der Waals surface area contributed by atoms with Gasteiger partial charge in [0.1, 0.15) is 6.04 Å². The fourth-order valence-electron chi connectivity index (χ4n) is 2.16. The number of ether oxygens (including phenoxy) is 2. The van der Waals surface area contributed by atoms with Crippen LogP contribution in [0.4, 0.5) is 0 Å². The molecule has 0 radical (unpaired) electrons. The average molecular weight is 349 g/mol. The van der Waals surface area contributed by atoms with Gasteiger partial charge in [-0.15, -0.1) is 0 Å². The van der Waals surface area contributed by atoms with Crippen molar-refractivity contribution in [3.05, 3.63) is 58.7 Å². The lowest BCUT2D eigenvalue weighted by Gasteiger charge is -2.17. The number of esters is 1. The lowest BCUT2D eigenvalue weighted by Crippen LogP contribution is -2.43. The molecular formula is C17H17ClN2O4. The maximum Gasteiger partial charge on any atom is 0.328 e. The molecule has 1 heterocycles. The van der Waals surface area contributed by atoms with Gasteiger partial charge in [0.15, 0.2) is 0 Å². The van der Waals surface area contributed by atoms with Crippen LogP contribution in [-0.2, 0) is 16.0 Å². The predicted octanol–water partition coefficient (Wildman–Crippen LogP) is 2.26. The van der Waals surface area contributed by atoms with E-state index in [4.69, 9.17) is 21.1 Å². The summed E-state index contributed by atoms with van der Waals surface area (Å²) in [6, 6.07) is 9.01. The number of carbonyl (C=O) groups excluding carboxylic acids is 2. The van der Waals surface area contributed by atoms with Crippen LogP contribution >= 0.6 is 11.6 Å². The van der Waals surface area contributed by atoms with E-state index in [0.29, 0.717) is 22.0 Å². The molecule has 0 aliphatic carbocycles. The van der Waals surface area contributed by atoms with Crippen LogP contribution in [0.3, 0.4) is 0 Å². The molecule has 1 aromatic carbocycles. The Balaban J connectivity index is 2.18. The van der Waals surface area contributed by atoms with Gasteiger partial charge in [-0.25, -0.2) is 9.78 Å². The first-order chi connectivity index (χ1) is 11.5. The molecule has 24 heavy (non-hydrogen) atoms. The van der Waals surface area contributed by atoms with E-state index in [1.165, 1.54) is 14.2 Å². The summed E-state index contributed by atoms with van der Waals surface area (Å²) in [6.45, 7) is 0. The lowest BCUT2D eigenvalue weighted by molar-refractivity contribution is -0.142. The van der Waals surface area contributed by atoms with Crippen LogP contribution in [0.15, 0.2) is 42.6 Å². The second kappa shape index (κ2) is 8.31. The Labute approximate surface area is 144 Å². The first-order valence-electron chi connectivity index (χ1n) is 7.17. The third-order valence-electron chi connectivity index (χ3n) is 3.36. The lowest BCUT2D eigenvalue weighted by atomic mass is 10.1. The minimum absolute atomic E-state index is 0.197. The fourth-order valence-corrected chi connectivity index (χ4v) is 2.29. The van der Waals surface area contributed by atoms with Gasteiger partial charge < -0.3 is 14.8 Å². The Hall–Kier alpha value is -2.60. The maximum absolute atomic E-state index is 12.3. The van der Waals surface area contributed by atoms with Crippen molar-refractivity contribution in [3.63, 3.8) is 0 Å². The molecule has 0 aliphatic heterocycles. The summed E-state index contributed by atoms with van der Waals surface area (Å²) in [5, 5.41) is 3.19. The number of hydrogen-bond acceptors (Lipinski definition) is 5. The number of amides is 1. The van der Waals surface area contributed by atoms with Crippen LogP contribution in [0.2, 0.25) is 5.02 Å². The summed E-state index contributed by atoms with van der Waals surface area (Å²) >= 11 is 5.81. The number of nitrogens with zero attached hydrogens (tertiary/aromatic N) is 1. The Bertz CT molecular complexity index is 719. The maximum atomic E-state index is 12.3. The minimum atomic E-state index is -0.865. The molecular weight excluding hydrogens is 332 g/mol. The highest BCUT2D eigenvalue weighted by Gasteiger charge is 2.24. The van der Waals surface area contributed by atoms with Crippen LogP contribution < -0.4 is 10.1 Å². The molecule has 0 unspecified atom stereocenters. The zero-order valence-corrected chi connectivity index (χ0v) is 14.0. The number of aromatic nitrogens is 1. The number of pyridine rings is 1. The van der Waals surface area contributed by atoms with Gasteiger partial charge in [-0.2, -0.15) is 0 Å². The normalized spacial score (nSPS) is 11.5. The van der Waals surface area contributed by atoms with Crippen LogP contribution in [-0.4, -0.2) is 37.1 Å². The van der Waals surface area contributed by atoms with Crippen LogP contribution in [0.5, 0.6) is 5.88 Å². The summed E-state index contributed by atoms with van der Waals surface area (Å²) in [6.07, 6.45) is 1.78. The molecule has 126 valence electrons. The van der Waals surface area contributed by atoms with Crippen molar-refractivity contribution in [2.24, 2.45) is 0 Å². The standard InChI is InChI=1S/C17H17ClN2O4/c1-23-16-12(4-3-9-19-16)10-14(17(22)24-2)20-15(21)11-5-7-13(18)8-6-11/h3-9,14H,10H2,1-2H3,(H,20,21)/t14-/m1/s1. The van der Waals surface area contributed by atoms with E-state index in [2.05, 4.69) is 10.3 Å². The monoisotopic (exact) mass is 348 g/mol. The highest BCUT2D eigenvalue weighted by molar-refractivity contribution is 6.30. The van der Waals surface area contributed by atoms with Gasteiger partial charge in [0, 0.05) is 28.8 Å². The van der Waals surface area contributed by atoms with Gasteiger partial charge >= 0.3 is 5.97 Å². The van der Waals surface area contributed by atoms with E-state index in [-0.39, 0.29) is 6.42 Å². The van der Waals surface area contributed by atoms with Crippen molar-refractivity contribution >= 4 is 23.5 Å². The van der Waals surface area contributed by atoms with E-state index in [0.717, 1.165) is 0 Å². The zero-order valence-electron chi connectivity index (χ0n) is 13.3. The average Bonchev–Trinajstić information content (AvgIpc) is 2.61. The van der Waals surface area contributed by atoms with E-state index in [1.807, 2.05) is 0 Å². The summed E-state index contributed by atoms with van der Waals surface area (Å²) in [4.78, 5) is 28.4. The molecule has 6 nitrogen and oxygen atoms in total. The second-order valence-electron chi connectivity index (χ2n) is 4.93. The van der Waals surface area contributed by atoms with E-state index in [9.17, 15) is 9.59 Å². The number of nitrogens with one attached hydrogen (secondary N) is 1.